The molecule has 1 unspecified atom stereocenters. The molecule has 0 fully saturated rings. The molecule has 15 heavy (non-hydrogen) atoms. The van der Waals surface area contributed by atoms with Gasteiger partial charge in [0.2, 0.25) is 0 Å². The molecule has 0 aromatic heterocycles. The molecule has 0 aliphatic rings. The summed E-state index contributed by atoms with van der Waals surface area (Å²) < 4.78 is 5.67. The van der Waals surface area contributed by atoms with E-state index in [-0.39, 0.29) is 6.10 Å². The molecular formula is C12H16N2O. The van der Waals surface area contributed by atoms with Crippen molar-refractivity contribution in [2.75, 3.05) is 5.73 Å². The highest BCUT2D eigenvalue weighted by molar-refractivity contribution is 5.57. The van der Waals surface area contributed by atoms with Gasteiger partial charge < -0.3 is 10.5 Å². The van der Waals surface area contributed by atoms with Crippen LogP contribution in [0.25, 0.3) is 0 Å². The molecule has 0 aliphatic heterocycles. The summed E-state index contributed by atoms with van der Waals surface area (Å²) in [5, 5.41) is 8.71. The van der Waals surface area contributed by atoms with Gasteiger partial charge in [0.15, 0.2) is 0 Å². The van der Waals surface area contributed by atoms with Crippen LogP contribution in [0.2, 0.25) is 0 Å². The number of ether oxygens (including phenoxy) is 1. The molecule has 0 bridgehead atoms. The molecule has 2 N–H and O–H groups in total. The van der Waals surface area contributed by atoms with Crippen molar-refractivity contribution in [3.63, 3.8) is 0 Å². The monoisotopic (exact) mass is 204 g/mol. The van der Waals surface area contributed by atoms with E-state index >= 15 is 0 Å². The minimum Gasteiger partial charge on any atom is -0.490 e. The van der Waals surface area contributed by atoms with Crippen LogP contribution in [-0.2, 0) is 0 Å². The molecule has 3 heteroatoms. The molecule has 80 valence electrons. The third kappa shape index (κ3) is 2.88. The highest BCUT2D eigenvalue weighted by atomic mass is 16.5. The molecule has 0 heterocycles. The number of nitrogen functional groups attached to an aromatic ring is 1. The standard InChI is InChI=1S/C12H16N2O/c1-8(2)9(3)15-11-5-4-10(7-13)12(14)6-11/h4-6,8-9H,14H2,1-3H3. The summed E-state index contributed by atoms with van der Waals surface area (Å²) in [4.78, 5) is 0. The zero-order chi connectivity index (χ0) is 11.4. The van der Waals surface area contributed by atoms with Gasteiger partial charge in [0, 0.05) is 6.07 Å². The number of rotatable bonds is 3. The SMILES string of the molecule is CC(C)C(C)Oc1ccc(C#N)c(N)c1. The lowest BCUT2D eigenvalue weighted by Gasteiger charge is -2.18. The van der Waals surface area contributed by atoms with Crippen molar-refractivity contribution in [2.45, 2.75) is 26.9 Å². The number of hydrogen-bond donors (Lipinski definition) is 1. The molecule has 0 saturated heterocycles. The maximum Gasteiger partial charge on any atom is 0.121 e. The van der Waals surface area contributed by atoms with E-state index in [1.807, 2.05) is 13.0 Å². The van der Waals surface area contributed by atoms with Crippen LogP contribution in [0.15, 0.2) is 18.2 Å². The minimum absolute atomic E-state index is 0.136. The Hall–Kier alpha value is -1.69. The molecule has 1 rings (SSSR count). The van der Waals surface area contributed by atoms with E-state index in [1.54, 1.807) is 18.2 Å². The fraction of sp³-hybridized carbons (Fsp3) is 0.417. The van der Waals surface area contributed by atoms with Gasteiger partial charge in [-0.3, -0.25) is 0 Å². The van der Waals surface area contributed by atoms with Crippen molar-refractivity contribution in [2.24, 2.45) is 5.92 Å². The zero-order valence-corrected chi connectivity index (χ0v) is 9.32. The Bertz CT molecular complexity index is 380. The van der Waals surface area contributed by atoms with Crippen molar-refractivity contribution in [3.05, 3.63) is 23.8 Å². The highest BCUT2D eigenvalue weighted by Crippen LogP contribution is 2.21. The molecule has 0 aliphatic carbocycles. The van der Waals surface area contributed by atoms with Gasteiger partial charge in [-0.2, -0.15) is 5.26 Å². The number of benzene rings is 1. The van der Waals surface area contributed by atoms with Gasteiger partial charge in [-0.1, -0.05) is 13.8 Å². The topological polar surface area (TPSA) is 59.0 Å². The van der Waals surface area contributed by atoms with Crippen LogP contribution in [-0.4, -0.2) is 6.10 Å². The molecule has 0 radical (unpaired) electrons. The summed E-state index contributed by atoms with van der Waals surface area (Å²) in [5.74, 6) is 1.16. The largest absolute Gasteiger partial charge is 0.490 e. The van der Waals surface area contributed by atoms with Crippen LogP contribution in [0.3, 0.4) is 0 Å². The Morgan fingerprint density at radius 1 is 1.33 bits per heavy atom. The van der Waals surface area contributed by atoms with Gasteiger partial charge in [-0.25, -0.2) is 0 Å². The molecule has 1 atom stereocenters. The van der Waals surface area contributed by atoms with Gasteiger partial charge in [0.25, 0.3) is 0 Å². The fourth-order valence-corrected chi connectivity index (χ4v) is 1.07. The summed E-state index contributed by atoms with van der Waals surface area (Å²) in [7, 11) is 0. The zero-order valence-electron chi connectivity index (χ0n) is 9.32. The molecule has 0 amide bonds. The summed E-state index contributed by atoms with van der Waals surface area (Å²) in [5.41, 5.74) is 6.63. The number of anilines is 1. The van der Waals surface area contributed by atoms with E-state index in [0.717, 1.165) is 0 Å². The number of nitriles is 1. The van der Waals surface area contributed by atoms with E-state index in [9.17, 15) is 0 Å². The van der Waals surface area contributed by atoms with Crippen LogP contribution in [0.5, 0.6) is 5.75 Å². The van der Waals surface area contributed by atoms with E-state index in [2.05, 4.69) is 13.8 Å². The number of nitrogens with two attached hydrogens (primary N) is 1. The summed E-state index contributed by atoms with van der Waals surface area (Å²) >= 11 is 0. The Labute approximate surface area is 90.5 Å². The number of hydrogen-bond acceptors (Lipinski definition) is 3. The van der Waals surface area contributed by atoms with Gasteiger partial charge in [-0.15, -0.1) is 0 Å². The van der Waals surface area contributed by atoms with Crippen molar-refractivity contribution in [1.82, 2.24) is 0 Å². The average molecular weight is 204 g/mol. The molecule has 1 aromatic carbocycles. The quantitative estimate of drug-likeness (QED) is 0.770. The van der Waals surface area contributed by atoms with Gasteiger partial charge in [0.05, 0.1) is 17.4 Å². The van der Waals surface area contributed by atoms with Crippen molar-refractivity contribution in [3.8, 4) is 11.8 Å². The second kappa shape index (κ2) is 4.70. The molecule has 0 saturated carbocycles. The second-order valence-corrected chi connectivity index (χ2v) is 3.93. The van der Waals surface area contributed by atoms with Gasteiger partial charge in [0.1, 0.15) is 11.8 Å². The lowest BCUT2D eigenvalue weighted by atomic mass is 10.1. The molecule has 0 spiro atoms. The van der Waals surface area contributed by atoms with Crippen LogP contribution in [0.4, 0.5) is 5.69 Å². The van der Waals surface area contributed by atoms with Crippen LogP contribution in [0, 0.1) is 17.2 Å². The van der Waals surface area contributed by atoms with E-state index in [1.165, 1.54) is 0 Å². The van der Waals surface area contributed by atoms with E-state index < -0.39 is 0 Å². The number of nitrogens with zero attached hydrogens (tertiary/aromatic N) is 1. The third-order valence-electron chi connectivity index (χ3n) is 2.40. The normalized spacial score (nSPS) is 12.2. The van der Waals surface area contributed by atoms with Crippen molar-refractivity contribution >= 4 is 5.69 Å². The second-order valence-electron chi connectivity index (χ2n) is 3.93. The predicted molar refractivity (Wildman–Crippen MR) is 60.5 cm³/mol. The summed E-state index contributed by atoms with van der Waals surface area (Å²) in [6.45, 7) is 6.20. The van der Waals surface area contributed by atoms with Crippen LogP contribution >= 0.6 is 0 Å². The fourth-order valence-electron chi connectivity index (χ4n) is 1.07. The summed E-state index contributed by atoms with van der Waals surface area (Å²) in [6.07, 6.45) is 0.136. The highest BCUT2D eigenvalue weighted by Gasteiger charge is 2.09. The van der Waals surface area contributed by atoms with E-state index in [0.29, 0.717) is 22.9 Å². The van der Waals surface area contributed by atoms with E-state index in [4.69, 9.17) is 15.7 Å². The maximum absolute atomic E-state index is 8.71. The lowest BCUT2D eigenvalue weighted by molar-refractivity contribution is 0.170. The predicted octanol–water partition coefficient (Wildman–Crippen LogP) is 2.56. The smallest absolute Gasteiger partial charge is 0.121 e. The Morgan fingerprint density at radius 3 is 2.47 bits per heavy atom. The maximum atomic E-state index is 8.71. The van der Waals surface area contributed by atoms with Gasteiger partial charge in [-0.05, 0) is 25.0 Å². The lowest BCUT2D eigenvalue weighted by Crippen LogP contribution is -2.18. The first-order valence-electron chi connectivity index (χ1n) is 5.01. The van der Waals surface area contributed by atoms with Crippen LogP contribution in [0.1, 0.15) is 26.3 Å². The first kappa shape index (κ1) is 11.4. The first-order chi connectivity index (χ1) is 7.04. The Morgan fingerprint density at radius 2 is 2.00 bits per heavy atom. The third-order valence-corrected chi connectivity index (χ3v) is 2.40. The van der Waals surface area contributed by atoms with Crippen molar-refractivity contribution in [1.29, 1.82) is 5.26 Å². The Balaban J connectivity index is 2.81. The molecular weight excluding hydrogens is 188 g/mol. The minimum atomic E-state index is 0.136. The average Bonchev–Trinajstić information content (AvgIpc) is 2.18. The molecule has 3 nitrogen and oxygen atoms in total. The molecule has 1 aromatic rings. The van der Waals surface area contributed by atoms with Gasteiger partial charge >= 0.3 is 0 Å². The first-order valence-corrected chi connectivity index (χ1v) is 5.01. The Kier molecular flexibility index (Phi) is 3.56. The van der Waals surface area contributed by atoms with Crippen molar-refractivity contribution < 1.29 is 4.74 Å². The van der Waals surface area contributed by atoms with Crippen LogP contribution < -0.4 is 10.5 Å². The summed E-state index contributed by atoms with van der Waals surface area (Å²) in [6, 6.07) is 7.16.